The quantitative estimate of drug-likeness (QED) is 0.393. The third-order valence-electron chi connectivity index (χ3n) is 6.58. The summed E-state index contributed by atoms with van der Waals surface area (Å²) in [5.41, 5.74) is 2.04. The van der Waals surface area contributed by atoms with Crippen LogP contribution in [0.4, 0.5) is 10.6 Å². The highest BCUT2D eigenvalue weighted by Crippen LogP contribution is 2.35. The van der Waals surface area contributed by atoms with Gasteiger partial charge in [0.15, 0.2) is 11.4 Å². The summed E-state index contributed by atoms with van der Waals surface area (Å²) in [6.07, 6.45) is 5.48. The number of nitrogens with zero attached hydrogens (tertiary/aromatic N) is 5. The van der Waals surface area contributed by atoms with Gasteiger partial charge in [-0.3, -0.25) is 0 Å². The SMILES string of the molecule is O=C(O)N[C@H]1C[C@H](Oc2ccc3ncc(-c4cc5c(N6CCC[C@@H]6CO)nccc5o4)n3n2)C1. The molecule has 2 fully saturated rings. The van der Waals surface area contributed by atoms with Gasteiger partial charge in [-0.1, -0.05) is 0 Å². The van der Waals surface area contributed by atoms with E-state index in [9.17, 15) is 9.90 Å². The van der Waals surface area contributed by atoms with E-state index < -0.39 is 6.09 Å². The lowest BCUT2D eigenvalue weighted by atomic mass is 9.89. The minimum Gasteiger partial charge on any atom is -0.473 e. The van der Waals surface area contributed by atoms with Crippen LogP contribution in [0, 0.1) is 0 Å². The molecule has 176 valence electrons. The van der Waals surface area contributed by atoms with Crippen molar-refractivity contribution in [2.24, 2.45) is 0 Å². The summed E-state index contributed by atoms with van der Waals surface area (Å²) >= 11 is 0. The van der Waals surface area contributed by atoms with Crippen LogP contribution in [-0.2, 0) is 0 Å². The van der Waals surface area contributed by atoms with Gasteiger partial charge in [-0.2, -0.15) is 0 Å². The molecule has 3 N–H and O–H groups in total. The van der Waals surface area contributed by atoms with Crippen molar-refractivity contribution < 1.29 is 24.2 Å². The highest BCUT2D eigenvalue weighted by molar-refractivity contribution is 5.92. The number of nitrogens with one attached hydrogen (secondary N) is 1. The predicted molar refractivity (Wildman–Crippen MR) is 122 cm³/mol. The number of imidazole rings is 1. The highest BCUT2D eigenvalue weighted by atomic mass is 16.5. The molecule has 1 saturated carbocycles. The lowest BCUT2D eigenvalue weighted by Gasteiger charge is -2.34. The Bertz CT molecular complexity index is 1360. The number of hydrogen-bond donors (Lipinski definition) is 3. The Balaban J connectivity index is 1.29. The monoisotopic (exact) mass is 464 g/mol. The standard InChI is InChI=1S/C23H24N6O5/c30-12-14-2-1-7-28(14)22-16-10-19(34-18(16)5-6-24-22)17-11-25-20-3-4-21(27-29(17)20)33-15-8-13(9-15)26-23(31)32/h3-6,10-11,13-15,26,30H,1-2,7-9,12H2,(H,31,32)/t13-,14-,15-/m1/s1. The first-order valence-corrected chi connectivity index (χ1v) is 11.4. The summed E-state index contributed by atoms with van der Waals surface area (Å²) < 4.78 is 13.8. The zero-order valence-corrected chi connectivity index (χ0v) is 18.3. The van der Waals surface area contributed by atoms with Crippen molar-refractivity contribution in [1.82, 2.24) is 24.9 Å². The number of furan rings is 1. The Hall–Kier alpha value is -3.86. The van der Waals surface area contributed by atoms with Crippen LogP contribution in [0.25, 0.3) is 28.1 Å². The van der Waals surface area contributed by atoms with Crippen LogP contribution in [0.2, 0.25) is 0 Å². The molecule has 4 aromatic heterocycles. The van der Waals surface area contributed by atoms with Crippen molar-refractivity contribution in [3.63, 3.8) is 0 Å². The molecule has 1 aliphatic carbocycles. The first-order chi connectivity index (χ1) is 16.6. The Kier molecular flexibility index (Phi) is 4.98. The van der Waals surface area contributed by atoms with E-state index in [0.29, 0.717) is 41.4 Å². The summed E-state index contributed by atoms with van der Waals surface area (Å²) in [5, 5.41) is 26.5. The van der Waals surface area contributed by atoms with E-state index in [1.165, 1.54) is 0 Å². The van der Waals surface area contributed by atoms with Gasteiger partial charge in [0, 0.05) is 37.7 Å². The number of carboxylic acid groups (broad SMARTS) is 1. The summed E-state index contributed by atoms with van der Waals surface area (Å²) in [4.78, 5) is 21.9. The zero-order valence-electron chi connectivity index (χ0n) is 18.3. The Morgan fingerprint density at radius 2 is 2.15 bits per heavy atom. The second kappa shape index (κ2) is 8.17. The maximum Gasteiger partial charge on any atom is 0.404 e. The fourth-order valence-corrected chi connectivity index (χ4v) is 4.82. The molecular formula is C23H24N6O5. The molecule has 4 aromatic rings. The molecule has 34 heavy (non-hydrogen) atoms. The largest absolute Gasteiger partial charge is 0.473 e. The number of ether oxygens (including phenoxy) is 1. The van der Waals surface area contributed by atoms with Crippen molar-refractivity contribution >= 4 is 28.5 Å². The lowest BCUT2D eigenvalue weighted by molar-refractivity contribution is 0.0782. The number of aromatic nitrogens is 4. The molecule has 0 radical (unpaired) electrons. The number of aliphatic hydroxyl groups is 1. The van der Waals surface area contributed by atoms with Gasteiger partial charge in [0.2, 0.25) is 5.88 Å². The van der Waals surface area contributed by atoms with Crippen molar-refractivity contribution in [2.75, 3.05) is 18.1 Å². The van der Waals surface area contributed by atoms with E-state index in [0.717, 1.165) is 30.6 Å². The number of anilines is 1. The van der Waals surface area contributed by atoms with Crippen molar-refractivity contribution in [1.29, 1.82) is 0 Å². The number of hydrogen-bond acceptors (Lipinski definition) is 8. The van der Waals surface area contributed by atoms with E-state index in [1.54, 1.807) is 23.0 Å². The van der Waals surface area contributed by atoms with Gasteiger partial charge in [-0.05, 0) is 31.0 Å². The maximum atomic E-state index is 10.7. The van der Waals surface area contributed by atoms with E-state index in [1.807, 2.05) is 18.2 Å². The number of carbonyl (C=O) groups is 1. The first-order valence-electron chi connectivity index (χ1n) is 11.4. The fourth-order valence-electron chi connectivity index (χ4n) is 4.82. The smallest absolute Gasteiger partial charge is 0.404 e. The van der Waals surface area contributed by atoms with Crippen LogP contribution in [0.1, 0.15) is 25.7 Å². The third kappa shape index (κ3) is 3.58. The molecular weight excluding hydrogens is 440 g/mol. The van der Waals surface area contributed by atoms with Gasteiger partial charge >= 0.3 is 6.09 Å². The van der Waals surface area contributed by atoms with E-state index in [2.05, 4.69) is 25.3 Å². The van der Waals surface area contributed by atoms with Gasteiger partial charge in [-0.15, -0.1) is 5.10 Å². The predicted octanol–water partition coefficient (Wildman–Crippen LogP) is 2.68. The molecule has 1 saturated heterocycles. The average Bonchev–Trinajstić information content (AvgIpc) is 3.53. The maximum absolute atomic E-state index is 10.7. The summed E-state index contributed by atoms with van der Waals surface area (Å²) in [6.45, 7) is 0.941. The number of fused-ring (bicyclic) bond motifs is 2. The topological polar surface area (TPSA) is 138 Å². The van der Waals surface area contributed by atoms with Gasteiger partial charge in [0.1, 0.15) is 23.2 Å². The van der Waals surface area contributed by atoms with Crippen LogP contribution < -0.4 is 15.0 Å². The van der Waals surface area contributed by atoms with E-state index >= 15 is 0 Å². The molecule has 6 rings (SSSR count). The molecule has 11 heteroatoms. The molecule has 1 amide bonds. The normalized spacial score (nSPS) is 22.3. The number of rotatable bonds is 6. The highest BCUT2D eigenvalue weighted by Gasteiger charge is 2.32. The minimum atomic E-state index is -1.02. The van der Waals surface area contributed by atoms with Crippen LogP contribution in [0.3, 0.4) is 0 Å². The fraction of sp³-hybridized carbons (Fsp3) is 0.391. The number of amides is 1. The zero-order chi connectivity index (χ0) is 23.2. The van der Waals surface area contributed by atoms with Gasteiger partial charge < -0.3 is 29.6 Å². The summed E-state index contributed by atoms with van der Waals surface area (Å²) in [7, 11) is 0. The molecule has 1 aliphatic heterocycles. The van der Waals surface area contributed by atoms with Gasteiger partial charge in [0.25, 0.3) is 0 Å². The first kappa shape index (κ1) is 20.7. The molecule has 0 bridgehead atoms. The van der Waals surface area contributed by atoms with Crippen molar-refractivity contribution in [3.05, 3.63) is 36.7 Å². The third-order valence-corrected chi connectivity index (χ3v) is 6.58. The molecule has 1 atom stereocenters. The molecule has 0 aromatic carbocycles. The molecule has 11 nitrogen and oxygen atoms in total. The molecule has 0 unspecified atom stereocenters. The Labute approximate surface area is 194 Å². The number of aliphatic hydroxyl groups excluding tert-OH is 1. The van der Waals surface area contributed by atoms with Gasteiger partial charge in [0.05, 0.1) is 24.2 Å². The second-order valence-electron chi connectivity index (χ2n) is 8.77. The Morgan fingerprint density at radius 1 is 1.26 bits per heavy atom. The lowest BCUT2D eigenvalue weighted by Crippen LogP contribution is -2.48. The van der Waals surface area contributed by atoms with Gasteiger partial charge in [-0.25, -0.2) is 19.3 Å². The summed E-state index contributed by atoms with van der Waals surface area (Å²) in [5.74, 6) is 1.85. The summed E-state index contributed by atoms with van der Waals surface area (Å²) in [6, 6.07) is 7.32. The van der Waals surface area contributed by atoms with Crippen molar-refractivity contribution in [2.45, 2.75) is 43.9 Å². The minimum absolute atomic E-state index is 0.0606. The van der Waals surface area contributed by atoms with Crippen LogP contribution in [0.15, 0.2) is 41.1 Å². The van der Waals surface area contributed by atoms with E-state index in [4.69, 9.17) is 14.3 Å². The second-order valence-corrected chi connectivity index (χ2v) is 8.77. The molecule has 5 heterocycles. The average molecular weight is 464 g/mol. The van der Waals surface area contributed by atoms with Crippen LogP contribution in [0.5, 0.6) is 5.88 Å². The Morgan fingerprint density at radius 3 is 2.97 bits per heavy atom. The van der Waals surface area contributed by atoms with Crippen LogP contribution in [-0.4, -0.2) is 67.2 Å². The van der Waals surface area contributed by atoms with Crippen molar-refractivity contribution in [3.8, 4) is 17.3 Å². The number of pyridine rings is 1. The van der Waals surface area contributed by atoms with E-state index in [-0.39, 0.29) is 24.8 Å². The van der Waals surface area contributed by atoms with Crippen LogP contribution >= 0.6 is 0 Å². The molecule has 0 spiro atoms. The molecule has 2 aliphatic rings.